The highest BCUT2D eigenvalue weighted by Gasteiger charge is 2.31. The van der Waals surface area contributed by atoms with Gasteiger partial charge in [0.15, 0.2) is 0 Å². The molecule has 0 unspecified atom stereocenters. The van der Waals surface area contributed by atoms with Crippen LogP contribution in [0.15, 0.2) is 34.9 Å². The smallest absolute Gasteiger partial charge is 0.407 e. The average molecular weight is 316 g/mol. The zero-order chi connectivity index (χ0) is 16.4. The molecule has 23 heavy (non-hydrogen) atoms. The average Bonchev–Trinajstić information content (AvgIpc) is 2.82. The maximum absolute atomic E-state index is 11.7. The number of nitrogens with one attached hydrogen (secondary N) is 2. The van der Waals surface area contributed by atoms with Gasteiger partial charge in [-0.25, -0.2) is 4.79 Å². The van der Waals surface area contributed by atoms with Crippen LogP contribution < -0.4 is 10.6 Å². The fourth-order valence-electron chi connectivity index (χ4n) is 2.80. The first-order chi connectivity index (χ1) is 10.9. The molecule has 1 aromatic carbocycles. The minimum Gasteiger partial charge on any atom is -0.464 e. The molecule has 5 nitrogen and oxygen atoms in total. The van der Waals surface area contributed by atoms with Gasteiger partial charge in [-0.15, -0.1) is 0 Å². The minimum absolute atomic E-state index is 0.198. The van der Waals surface area contributed by atoms with Crippen LogP contribution in [0.5, 0.6) is 0 Å². The fourth-order valence-corrected chi connectivity index (χ4v) is 2.80. The lowest BCUT2D eigenvalue weighted by Gasteiger charge is -2.36. The largest absolute Gasteiger partial charge is 0.464 e. The highest BCUT2D eigenvalue weighted by molar-refractivity contribution is 5.80. The van der Waals surface area contributed by atoms with Crippen LogP contribution >= 0.6 is 0 Å². The molecule has 124 valence electrons. The lowest BCUT2D eigenvalue weighted by Crippen LogP contribution is -2.52. The first kappa shape index (κ1) is 15.9. The molecule has 0 aliphatic heterocycles. The number of alkyl carbamates (subject to hydrolysis) is 1. The summed E-state index contributed by atoms with van der Waals surface area (Å²) in [7, 11) is 0. The van der Waals surface area contributed by atoms with E-state index >= 15 is 0 Å². The van der Waals surface area contributed by atoms with E-state index in [9.17, 15) is 4.79 Å². The van der Waals surface area contributed by atoms with Crippen LogP contribution in [0.1, 0.15) is 39.2 Å². The number of amides is 1. The van der Waals surface area contributed by atoms with Crippen molar-refractivity contribution in [2.75, 3.05) is 0 Å². The van der Waals surface area contributed by atoms with Gasteiger partial charge in [0.1, 0.15) is 11.2 Å². The summed E-state index contributed by atoms with van der Waals surface area (Å²) in [6, 6.07) is 8.66. The molecule has 0 spiro atoms. The van der Waals surface area contributed by atoms with Gasteiger partial charge >= 0.3 is 6.09 Å². The first-order valence-electron chi connectivity index (χ1n) is 8.09. The van der Waals surface area contributed by atoms with E-state index in [1.54, 1.807) is 0 Å². The Balaban J connectivity index is 1.42. The molecule has 2 N–H and O–H groups in total. The van der Waals surface area contributed by atoms with E-state index in [0.717, 1.165) is 30.4 Å². The quantitative estimate of drug-likeness (QED) is 0.905. The normalized spacial score (nSPS) is 21.0. The van der Waals surface area contributed by atoms with Crippen LogP contribution in [-0.2, 0) is 11.3 Å². The van der Waals surface area contributed by atoms with Gasteiger partial charge in [0, 0.05) is 29.6 Å². The van der Waals surface area contributed by atoms with Gasteiger partial charge in [-0.1, -0.05) is 18.2 Å². The second-order valence-electron chi connectivity index (χ2n) is 7.15. The molecule has 1 aromatic heterocycles. The summed E-state index contributed by atoms with van der Waals surface area (Å²) in [5, 5.41) is 7.57. The number of benzene rings is 1. The van der Waals surface area contributed by atoms with Gasteiger partial charge in [0.05, 0.1) is 6.26 Å². The number of ether oxygens (including phenoxy) is 1. The second kappa shape index (κ2) is 6.24. The molecule has 5 heteroatoms. The molecule has 1 saturated carbocycles. The van der Waals surface area contributed by atoms with E-state index in [-0.39, 0.29) is 12.1 Å². The first-order valence-corrected chi connectivity index (χ1v) is 8.09. The zero-order valence-corrected chi connectivity index (χ0v) is 13.9. The molecule has 1 amide bonds. The van der Waals surface area contributed by atoms with E-state index in [1.165, 1.54) is 5.56 Å². The number of carbonyl (C=O) groups excluding carboxylic acids is 1. The number of hydrogen-bond donors (Lipinski definition) is 2. The third kappa shape index (κ3) is 4.05. The maximum atomic E-state index is 11.7. The molecule has 1 heterocycles. The summed E-state index contributed by atoms with van der Waals surface area (Å²) in [5.41, 5.74) is 1.64. The van der Waals surface area contributed by atoms with Gasteiger partial charge in [-0.2, -0.15) is 0 Å². The van der Waals surface area contributed by atoms with E-state index in [0.29, 0.717) is 6.04 Å². The summed E-state index contributed by atoms with van der Waals surface area (Å²) in [5.74, 6) is 0. The maximum Gasteiger partial charge on any atom is 0.407 e. The highest BCUT2D eigenvalue weighted by atomic mass is 16.6. The highest BCUT2D eigenvalue weighted by Crippen LogP contribution is 2.24. The van der Waals surface area contributed by atoms with Crippen LogP contribution in [0.25, 0.3) is 11.0 Å². The number of para-hydroxylation sites is 1. The number of rotatable bonds is 4. The van der Waals surface area contributed by atoms with E-state index in [4.69, 9.17) is 9.15 Å². The number of furan rings is 1. The monoisotopic (exact) mass is 316 g/mol. The van der Waals surface area contributed by atoms with Crippen LogP contribution in [0.4, 0.5) is 4.79 Å². The topological polar surface area (TPSA) is 63.5 Å². The molecular formula is C18H24N2O3. The Bertz CT molecular complexity index is 681. The summed E-state index contributed by atoms with van der Waals surface area (Å²) in [6.45, 7) is 6.38. The molecular weight excluding hydrogens is 292 g/mol. The van der Waals surface area contributed by atoms with E-state index in [1.807, 2.05) is 45.2 Å². The Hall–Kier alpha value is -2.01. The van der Waals surface area contributed by atoms with Crippen molar-refractivity contribution in [1.82, 2.24) is 10.6 Å². The van der Waals surface area contributed by atoms with E-state index in [2.05, 4.69) is 16.7 Å². The summed E-state index contributed by atoms with van der Waals surface area (Å²) >= 11 is 0. The Morgan fingerprint density at radius 2 is 2.00 bits per heavy atom. The van der Waals surface area contributed by atoms with Gasteiger partial charge in [-0.3, -0.25) is 0 Å². The van der Waals surface area contributed by atoms with Crippen molar-refractivity contribution in [3.63, 3.8) is 0 Å². The van der Waals surface area contributed by atoms with Gasteiger partial charge < -0.3 is 19.8 Å². The molecule has 0 radical (unpaired) electrons. The Kier molecular flexibility index (Phi) is 4.31. The molecule has 0 saturated heterocycles. The van der Waals surface area contributed by atoms with Crippen molar-refractivity contribution in [2.24, 2.45) is 0 Å². The van der Waals surface area contributed by atoms with Crippen molar-refractivity contribution < 1.29 is 13.9 Å². The number of fused-ring (bicyclic) bond motifs is 1. The van der Waals surface area contributed by atoms with Crippen LogP contribution in [0.3, 0.4) is 0 Å². The van der Waals surface area contributed by atoms with Crippen molar-refractivity contribution in [1.29, 1.82) is 0 Å². The van der Waals surface area contributed by atoms with Gasteiger partial charge in [0.2, 0.25) is 0 Å². The second-order valence-corrected chi connectivity index (χ2v) is 7.15. The molecule has 1 aliphatic carbocycles. The van der Waals surface area contributed by atoms with Crippen molar-refractivity contribution in [3.8, 4) is 0 Å². The summed E-state index contributed by atoms with van der Waals surface area (Å²) in [6.07, 6.45) is 3.33. The molecule has 2 aromatic rings. The molecule has 1 aliphatic rings. The number of hydrogen-bond acceptors (Lipinski definition) is 4. The molecule has 0 bridgehead atoms. The molecule has 3 rings (SSSR count). The fraction of sp³-hybridized carbons (Fsp3) is 0.500. The third-order valence-electron chi connectivity index (χ3n) is 4.00. The molecule has 1 fully saturated rings. The van der Waals surface area contributed by atoms with Crippen molar-refractivity contribution in [3.05, 3.63) is 36.1 Å². The standard InChI is InChI=1S/C18H24N2O3/c1-18(2,3)23-17(21)20-14-8-13(9-14)19-10-12-11-22-16-7-5-4-6-15(12)16/h4-7,11,13-14,19H,8-10H2,1-3H3,(H,20,21). The zero-order valence-electron chi connectivity index (χ0n) is 13.9. The SMILES string of the molecule is CC(C)(C)OC(=O)NC1CC(NCc2coc3ccccc23)C1. The van der Waals surface area contributed by atoms with Crippen molar-refractivity contribution >= 4 is 17.1 Å². The van der Waals surface area contributed by atoms with Crippen LogP contribution in [-0.4, -0.2) is 23.8 Å². The summed E-state index contributed by atoms with van der Waals surface area (Å²) in [4.78, 5) is 11.7. The molecule has 0 atom stereocenters. The van der Waals surface area contributed by atoms with E-state index < -0.39 is 5.60 Å². The van der Waals surface area contributed by atoms with Crippen LogP contribution in [0.2, 0.25) is 0 Å². The summed E-state index contributed by atoms with van der Waals surface area (Å²) < 4.78 is 10.8. The third-order valence-corrected chi connectivity index (χ3v) is 4.00. The lowest BCUT2D eigenvalue weighted by molar-refractivity contribution is 0.0465. The minimum atomic E-state index is -0.451. The Morgan fingerprint density at radius 3 is 2.74 bits per heavy atom. The predicted molar refractivity (Wildman–Crippen MR) is 89.2 cm³/mol. The van der Waals surface area contributed by atoms with Crippen LogP contribution in [0, 0.1) is 0 Å². The lowest BCUT2D eigenvalue weighted by atomic mass is 9.86. The Labute approximate surface area is 136 Å². The Morgan fingerprint density at radius 1 is 1.26 bits per heavy atom. The number of carbonyl (C=O) groups is 1. The predicted octanol–water partition coefficient (Wildman–Crippen LogP) is 3.58. The van der Waals surface area contributed by atoms with Gasteiger partial charge in [-0.05, 0) is 39.7 Å². The van der Waals surface area contributed by atoms with Gasteiger partial charge in [0.25, 0.3) is 0 Å². The van der Waals surface area contributed by atoms with Crippen molar-refractivity contribution in [2.45, 2.75) is 57.8 Å².